The second-order valence-corrected chi connectivity index (χ2v) is 18.4. The second kappa shape index (κ2) is 13.2. The first-order chi connectivity index (χ1) is 26.9. The minimum atomic E-state index is -0.516. The lowest BCUT2D eigenvalue weighted by Crippen LogP contribution is -2.34. The summed E-state index contributed by atoms with van der Waals surface area (Å²) in [4.78, 5) is 2.52. The minimum absolute atomic E-state index is 0.0133. The maximum absolute atomic E-state index is 2.57. The zero-order valence-corrected chi connectivity index (χ0v) is 34.0. The van der Waals surface area contributed by atoms with Crippen molar-refractivity contribution in [2.45, 2.75) is 83.0 Å². The van der Waals surface area contributed by atoms with E-state index in [4.69, 9.17) is 0 Å². The van der Waals surface area contributed by atoms with Gasteiger partial charge in [0.2, 0.25) is 0 Å². The van der Waals surface area contributed by atoms with Gasteiger partial charge in [-0.3, -0.25) is 0 Å². The Hall–Kier alpha value is -5.66. The van der Waals surface area contributed by atoms with Crippen molar-refractivity contribution < 1.29 is 0 Å². The van der Waals surface area contributed by atoms with Crippen LogP contribution < -0.4 is 4.90 Å². The van der Waals surface area contributed by atoms with Gasteiger partial charge in [-0.15, -0.1) is 0 Å². The molecule has 2 aliphatic rings. The zero-order chi connectivity index (χ0) is 38.9. The second-order valence-electron chi connectivity index (χ2n) is 18.4. The van der Waals surface area contributed by atoms with Gasteiger partial charge in [0.25, 0.3) is 0 Å². The van der Waals surface area contributed by atoms with Gasteiger partial charge < -0.3 is 4.90 Å². The predicted octanol–water partition coefficient (Wildman–Crippen LogP) is 14.8. The van der Waals surface area contributed by atoms with Gasteiger partial charge in [-0.25, -0.2) is 0 Å². The van der Waals surface area contributed by atoms with E-state index >= 15 is 0 Å². The minimum Gasteiger partial charge on any atom is -0.310 e. The van der Waals surface area contributed by atoms with E-state index in [2.05, 4.69) is 223 Å². The Bertz CT molecular complexity index is 2490. The fraction of sp³-hybridized carbons (Fsp3) is 0.236. The highest BCUT2D eigenvalue weighted by atomic mass is 15.1. The van der Waals surface area contributed by atoms with Crippen LogP contribution in [0.3, 0.4) is 0 Å². The lowest BCUT2D eigenvalue weighted by Gasteiger charge is -2.43. The molecule has 0 heterocycles. The van der Waals surface area contributed by atoms with E-state index in [9.17, 15) is 0 Å². The van der Waals surface area contributed by atoms with Crippen molar-refractivity contribution in [3.05, 3.63) is 209 Å². The third-order valence-corrected chi connectivity index (χ3v) is 13.0. The van der Waals surface area contributed by atoms with Crippen molar-refractivity contribution in [2.75, 3.05) is 4.90 Å². The molecule has 0 unspecified atom stereocenters. The lowest BCUT2D eigenvalue weighted by atomic mass is 9.61. The van der Waals surface area contributed by atoms with E-state index in [1.54, 1.807) is 0 Å². The molecule has 0 N–H and O–H groups in total. The molecule has 0 atom stereocenters. The number of rotatable bonds is 6. The Morgan fingerprint density at radius 3 is 1.57 bits per heavy atom. The lowest BCUT2D eigenvalue weighted by molar-refractivity contribution is 0.333. The third kappa shape index (κ3) is 5.66. The quantitative estimate of drug-likeness (QED) is 0.165. The third-order valence-electron chi connectivity index (χ3n) is 13.0. The van der Waals surface area contributed by atoms with Gasteiger partial charge in [-0.1, -0.05) is 182 Å². The monoisotopic (exact) mass is 727 g/mol. The highest BCUT2D eigenvalue weighted by molar-refractivity contribution is 5.97. The molecule has 7 aromatic rings. The number of anilines is 3. The van der Waals surface area contributed by atoms with Gasteiger partial charge in [0.1, 0.15) is 0 Å². The molecular formula is C55H53N. The van der Waals surface area contributed by atoms with Crippen LogP contribution in [-0.4, -0.2) is 0 Å². The Kier molecular flexibility index (Phi) is 8.51. The van der Waals surface area contributed by atoms with Crippen molar-refractivity contribution in [1.29, 1.82) is 0 Å². The first kappa shape index (κ1) is 36.0. The molecule has 56 heavy (non-hydrogen) atoms. The Labute approximate surface area is 334 Å². The molecule has 0 aromatic heterocycles. The van der Waals surface area contributed by atoms with Crippen molar-refractivity contribution >= 4 is 17.1 Å². The average Bonchev–Trinajstić information content (AvgIpc) is 3.50. The van der Waals surface area contributed by atoms with E-state index in [1.807, 2.05) is 0 Å². The number of nitrogens with zero attached hydrogens (tertiary/aromatic N) is 1. The fourth-order valence-electron chi connectivity index (χ4n) is 9.95. The normalized spacial score (nSPS) is 16.1. The van der Waals surface area contributed by atoms with Gasteiger partial charge in [0.15, 0.2) is 0 Å². The topological polar surface area (TPSA) is 3.24 Å². The standard InChI is InChI=1S/C55H53N/c1-52(2,3)38-30-32-42(33-31-38)56(41-24-15-10-16-25-41)50-37-49-45(36-46(50)44-27-19-29-48-51(44)54(6,7)35-34-53(48,4)5)43-26-17-18-28-47(43)55(49,39-20-11-8-12-21-39)40-22-13-9-14-23-40/h8-33,36-37H,34-35H2,1-7H3. The van der Waals surface area contributed by atoms with Crippen LogP contribution in [-0.2, 0) is 21.7 Å². The molecule has 0 saturated carbocycles. The molecule has 278 valence electrons. The summed E-state index contributed by atoms with van der Waals surface area (Å²) < 4.78 is 0. The van der Waals surface area contributed by atoms with E-state index in [0.29, 0.717) is 0 Å². The van der Waals surface area contributed by atoms with Crippen LogP contribution in [0.1, 0.15) is 100 Å². The predicted molar refractivity (Wildman–Crippen MR) is 238 cm³/mol. The van der Waals surface area contributed by atoms with Crippen LogP contribution in [0, 0.1) is 0 Å². The summed E-state index contributed by atoms with van der Waals surface area (Å²) in [5.41, 5.74) is 17.8. The summed E-state index contributed by atoms with van der Waals surface area (Å²) >= 11 is 0. The van der Waals surface area contributed by atoms with Crippen LogP contribution in [0.2, 0.25) is 0 Å². The summed E-state index contributed by atoms with van der Waals surface area (Å²) in [5.74, 6) is 0. The largest absolute Gasteiger partial charge is 0.310 e. The van der Waals surface area contributed by atoms with Crippen LogP contribution in [0.15, 0.2) is 170 Å². The molecule has 7 aromatic carbocycles. The van der Waals surface area contributed by atoms with E-state index in [-0.39, 0.29) is 16.2 Å². The van der Waals surface area contributed by atoms with Crippen molar-refractivity contribution in [3.63, 3.8) is 0 Å². The number of benzene rings is 7. The van der Waals surface area contributed by atoms with E-state index < -0.39 is 5.41 Å². The number of fused-ring (bicyclic) bond motifs is 4. The van der Waals surface area contributed by atoms with Gasteiger partial charge in [-0.2, -0.15) is 0 Å². The van der Waals surface area contributed by atoms with Crippen molar-refractivity contribution in [2.24, 2.45) is 0 Å². The number of hydrogen-bond donors (Lipinski definition) is 0. The molecular weight excluding hydrogens is 675 g/mol. The molecule has 0 fully saturated rings. The molecule has 0 saturated heterocycles. The fourth-order valence-corrected chi connectivity index (χ4v) is 9.95. The molecule has 1 heteroatoms. The molecule has 1 nitrogen and oxygen atoms in total. The van der Waals surface area contributed by atoms with Crippen LogP contribution in [0.25, 0.3) is 22.3 Å². The van der Waals surface area contributed by atoms with E-state index in [1.165, 1.54) is 73.3 Å². The van der Waals surface area contributed by atoms with Gasteiger partial charge in [0, 0.05) is 16.9 Å². The Morgan fingerprint density at radius 2 is 0.946 bits per heavy atom. The van der Waals surface area contributed by atoms with Crippen LogP contribution >= 0.6 is 0 Å². The summed E-state index contributed by atoms with van der Waals surface area (Å²) in [6.07, 6.45) is 2.32. The molecule has 0 spiro atoms. The number of hydrogen-bond acceptors (Lipinski definition) is 1. The van der Waals surface area contributed by atoms with Gasteiger partial charge in [-0.05, 0) is 121 Å². The first-order valence-corrected chi connectivity index (χ1v) is 20.4. The highest BCUT2D eigenvalue weighted by Crippen LogP contribution is 2.60. The SMILES string of the molecule is CC(C)(C)c1ccc(N(c2ccccc2)c2cc3c(cc2-c2cccc4c2C(C)(C)CCC4(C)C)-c2ccccc2C3(c2ccccc2)c2ccccc2)cc1. The maximum atomic E-state index is 2.57. The zero-order valence-electron chi connectivity index (χ0n) is 34.0. The van der Waals surface area contributed by atoms with Crippen LogP contribution in [0.4, 0.5) is 17.1 Å². The summed E-state index contributed by atoms with van der Waals surface area (Å²) in [6.45, 7) is 16.7. The number of para-hydroxylation sites is 1. The van der Waals surface area contributed by atoms with Crippen molar-refractivity contribution in [3.8, 4) is 22.3 Å². The maximum Gasteiger partial charge on any atom is 0.0714 e. The highest BCUT2D eigenvalue weighted by Gasteiger charge is 2.47. The first-order valence-electron chi connectivity index (χ1n) is 20.4. The van der Waals surface area contributed by atoms with Gasteiger partial charge >= 0.3 is 0 Å². The van der Waals surface area contributed by atoms with Crippen molar-refractivity contribution in [1.82, 2.24) is 0 Å². The molecule has 9 rings (SSSR count). The summed E-state index contributed by atoms with van der Waals surface area (Å²) in [6, 6.07) is 64.0. The molecule has 0 aliphatic heterocycles. The summed E-state index contributed by atoms with van der Waals surface area (Å²) in [7, 11) is 0. The van der Waals surface area contributed by atoms with E-state index in [0.717, 1.165) is 17.8 Å². The molecule has 0 amide bonds. The molecule has 0 radical (unpaired) electrons. The Morgan fingerprint density at radius 1 is 0.429 bits per heavy atom. The average molecular weight is 728 g/mol. The molecule has 2 aliphatic carbocycles. The molecule has 0 bridgehead atoms. The Balaban J connectivity index is 1.45. The smallest absolute Gasteiger partial charge is 0.0714 e. The van der Waals surface area contributed by atoms with Crippen LogP contribution in [0.5, 0.6) is 0 Å². The van der Waals surface area contributed by atoms with Gasteiger partial charge in [0.05, 0.1) is 11.1 Å². The summed E-state index contributed by atoms with van der Waals surface area (Å²) in [5, 5.41) is 0.